The van der Waals surface area contributed by atoms with Crippen LogP contribution in [0.15, 0.2) is 24.5 Å². The maximum absolute atomic E-state index is 5.89. The molecule has 0 bridgehead atoms. The average molecular weight is 221 g/mol. The summed E-state index contributed by atoms with van der Waals surface area (Å²) in [5.41, 5.74) is 7.08. The van der Waals surface area contributed by atoms with Gasteiger partial charge in [-0.2, -0.15) is 0 Å². The van der Waals surface area contributed by atoms with E-state index in [-0.39, 0.29) is 6.04 Å². The molecule has 1 aromatic rings. The molecule has 2 heterocycles. The van der Waals surface area contributed by atoms with Gasteiger partial charge in [0.25, 0.3) is 0 Å². The molecule has 88 valence electrons. The van der Waals surface area contributed by atoms with Crippen LogP contribution >= 0.6 is 0 Å². The average Bonchev–Trinajstić information content (AvgIpc) is 2.34. The number of ether oxygens (including phenoxy) is 1. The second kappa shape index (κ2) is 5.39. The Morgan fingerprint density at radius 3 is 3.19 bits per heavy atom. The Bertz CT molecular complexity index is 317. The van der Waals surface area contributed by atoms with Crippen molar-refractivity contribution < 1.29 is 4.74 Å². The Balaban J connectivity index is 2.15. The van der Waals surface area contributed by atoms with Crippen LogP contribution < -0.4 is 5.73 Å². The predicted octanol–water partition coefficient (Wildman–Crippen LogP) is 0.802. The second-order valence-corrected chi connectivity index (χ2v) is 4.20. The number of hydrogen-bond donors (Lipinski definition) is 1. The van der Waals surface area contributed by atoms with Crippen molar-refractivity contribution in [1.82, 2.24) is 9.88 Å². The van der Waals surface area contributed by atoms with Crippen LogP contribution in [0.1, 0.15) is 18.5 Å². The third-order valence-electron chi connectivity index (χ3n) is 3.11. The summed E-state index contributed by atoms with van der Waals surface area (Å²) < 4.78 is 5.44. The van der Waals surface area contributed by atoms with Crippen LogP contribution in [-0.4, -0.2) is 42.2 Å². The summed E-state index contributed by atoms with van der Waals surface area (Å²) in [5.74, 6) is 0. The minimum absolute atomic E-state index is 0.257. The van der Waals surface area contributed by atoms with Crippen molar-refractivity contribution in [2.24, 2.45) is 5.73 Å². The topological polar surface area (TPSA) is 51.4 Å². The molecular formula is C12H19N3O. The van der Waals surface area contributed by atoms with E-state index in [1.807, 2.05) is 12.3 Å². The third-order valence-corrected chi connectivity index (χ3v) is 3.11. The fourth-order valence-corrected chi connectivity index (χ4v) is 2.24. The van der Waals surface area contributed by atoms with Crippen molar-refractivity contribution in [1.29, 1.82) is 0 Å². The van der Waals surface area contributed by atoms with Crippen LogP contribution in [-0.2, 0) is 4.74 Å². The third kappa shape index (κ3) is 2.40. The number of morpholine rings is 1. The number of pyridine rings is 1. The van der Waals surface area contributed by atoms with Crippen LogP contribution in [0, 0.1) is 0 Å². The highest BCUT2D eigenvalue weighted by atomic mass is 16.5. The van der Waals surface area contributed by atoms with Gasteiger partial charge < -0.3 is 10.5 Å². The minimum atomic E-state index is 0.257. The fraction of sp³-hybridized carbons (Fsp3) is 0.583. The normalized spacial score (nSPS) is 24.2. The molecular weight excluding hydrogens is 202 g/mol. The van der Waals surface area contributed by atoms with Crippen molar-refractivity contribution in [3.8, 4) is 0 Å². The van der Waals surface area contributed by atoms with Crippen LogP contribution in [0.5, 0.6) is 0 Å². The van der Waals surface area contributed by atoms with Crippen molar-refractivity contribution >= 4 is 0 Å². The molecule has 0 radical (unpaired) electrons. The van der Waals surface area contributed by atoms with Gasteiger partial charge in [0, 0.05) is 37.6 Å². The highest BCUT2D eigenvalue weighted by Gasteiger charge is 2.26. The quantitative estimate of drug-likeness (QED) is 0.820. The summed E-state index contributed by atoms with van der Waals surface area (Å²) in [5, 5.41) is 0. The zero-order chi connectivity index (χ0) is 11.4. The summed E-state index contributed by atoms with van der Waals surface area (Å²) in [6.45, 7) is 5.32. The first-order valence-corrected chi connectivity index (χ1v) is 5.76. The fourth-order valence-electron chi connectivity index (χ4n) is 2.24. The van der Waals surface area contributed by atoms with E-state index in [1.54, 1.807) is 6.20 Å². The molecule has 0 amide bonds. The van der Waals surface area contributed by atoms with Crippen molar-refractivity contribution in [2.75, 3.05) is 26.3 Å². The van der Waals surface area contributed by atoms with Gasteiger partial charge in [-0.25, -0.2) is 0 Å². The van der Waals surface area contributed by atoms with Gasteiger partial charge in [0.05, 0.1) is 13.2 Å². The van der Waals surface area contributed by atoms with Crippen molar-refractivity contribution in [3.63, 3.8) is 0 Å². The van der Waals surface area contributed by atoms with Gasteiger partial charge in [0.2, 0.25) is 0 Å². The lowest BCUT2D eigenvalue weighted by Crippen LogP contribution is -2.47. The molecule has 2 atom stereocenters. The maximum atomic E-state index is 5.89. The van der Waals surface area contributed by atoms with E-state index in [0.29, 0.717) is 12.6 Å². The molecule has 0 saturated carbocycles. The van der Waals surface area contributed by atoms with Crippen LogP contribution in [0.3, 0.4) is 0 Å². The maximum Gasteiger partial charge on any atom is 0.0620 e. The summed E-state index contributed by atoms with van der Waals surface area (Å²) in [4.78, 5) is 6.56. The lowest BCUT2D eigenvalue weighted by Gasteiger charge is -2.39. The zero-order valence-electron chi connectivity index (χ0n) is 9.67. The van der Waals surface area contributed by atoms with Gasteiger partial charge in [-0.1, -0.05) is 6.07 Å². The predicted molar refractivity (Wildman–Crippen MR) is 63.0 cm³/mol. The number of nitrogens with zero attached hydrogens (tertiary/aromatic N) is 2. The Hall–Kier alpha value is -0.970. The molecule has 1 saturated heterocycles. The van der Waals surface area contributed by atoms with Gasteiger partial charge in [-0.15, -0.1) is 0 Å². The van der Waals surface area contributed by atoms with Crippen LogP contribution in [0.4, 0.5) is 0 Å². The van der Waals surface area contributed by atoms with E-state index < -0.39 is 0 Å². The molecule has 4 nitrogen and oxygen atoms in total. The Morgan fingerprint density at radius 1 is 1.69 bits per heavy atom. The SMILES string of the molecule is CC1COCCN1C(CN)c1cccnc1. The van der Waals surface area contributed by atoms with E-state index in [1.165, 1.54) is 5.56 Å². The molecule has 1 aliphatic heterocycles. The Kier molecular flexibility index (Phi) is 3.88. The minimum Gasteiger partial charge on any atom is -0.379 e. The van der Waals surface area contributed by atoms with E-state index in [4.69, 9.17) is 10.5 Å². The molecule has 1 aromatic heterocycles. The van der Waals surface area contributed by atoms with E-state index in [2.05, 4.69) is 22.9 Å². The lowest BCUT2D eigenvalue weighted by atomic mass is 10.1. The smallest absolute Gasteiger partial charge is 0.0620 e. The van der Waals surface area contributed by atoms with Crippen molar-refractivity contribution in [2.45, 2.75) is 19.0 Å². The first-order chi connectivity index (χ1) is 7.83. The molecule has 0 aromatic carbocycles. The second-order valence-electron chi connectivity index (χ2n) is 4.20. The summed E-state index contributed by atoms with van der Waals surface area (Å²) >= 11 is 0. The molecule has 1 fully saturated rings. The molecule has 2 rings (SSSR count). The van der Waals surface area contributed by atoms with Gasteiger partial charge >= 0.3 is 0 Å². The Morgan fingerprint density at radius 2 is 2.56 bits per heavy atom. The molecule has 2 N–H and O–H groups in total. The van der Waals surface area contributed by atoms with Gasteiger partial charge in [-0.3, -0.25) is 9.88 Å². The first-order valence-electron chi connectivity index (χ1n) is 5.76. The standard InChI is InChI=1S/C12H19N3O/c1-10-9-16-6-5-15(10)12(7-13)11-3-2-4-14-8-11/h2-4,8,10,12H,5-7,9,13H2,1H3. The number of hydrogen-bond acceptors (Lipinski definition) is 4. The molecule has 1 aliphatic rings. The van der Waals surface area contributed by atoms with Gasteiger partial charge in [0.15, 0.2) is 0 Å². The lowest BCUT2D eigenvalue weighted by molar-refractivity contribution is -0.0210. The molecule has 2 unspecified atom stereocenters. The first kappa shape index (κ1) is 11.5. The molecule has 4 heteroatoms. The zero-order valence-corrected chi connectivity index (χ0v) is 9.67. The van der Waals surface area contributed by atoms with E-state index in [9.17, 15) is 0 Å². The number of nitrogens with two attached hydrogens (primary N) is 1. The van der Waals surface area contributed by atoms with Crippen LogP contribution in [0.2, 0.25) is 0 Å². The molecule has 0 aliphatic carbocycles. The largest absolute Gasteiger partial charge is 0.379 e. The number of aromatic nitrogens is 1. The summed E-state index contributed by atoms with van der Waals surface area (Å²) in [6.07, 6.45) is 3.69. The van der Waals surface area contributed by atoms with E-state index in [0.717, 1.165) is 19.8 Å². The summed E-state index contributed by atoms with van der Waals surface area (Å²) in [7, 11) is 0. The molecule has 0 spiro atoms. The van der Waals surface area contributed by atoms with E-state index >= 15 is 0 Å². The van der Waals surface area contributed by atoms with Crippen LogP contribution in [0.25, 0.3) is 0 Å². The molecule has 16 heavy (non-hydrogen) atoms. The van der Waals surface area contributed by atoms with Crippen molar-refractivity contribution in [3.05, 3.63) is 30.1 Å². The summed E-state index contributed by atoms with van der Waals surface area (Å²) in [6, 6.07) is 4.73. The highest BCUT2D eigenvalue weighted by Crippen LogP contribution is 2.22. The Labute approximate surface area is 96.4 Å². The number of rotatable bonds is 3. The van der Waals surface area contributed by atoms with Gasteiger partial charge in [-0.05, 0) is 18.6 Å². The monoisotopic (exact) mass is 221 g/mol. The van der Waals surface area contributed by atoms with Gasteiger partial charge in [0.1, 0.15) is 0 Å². The highest BCUT2D eigenvalue weighted by molar-refractivity contribution is 5.15.